The Kier molecular flexibility index (Phi) is 9.12. The van der Waals surface area contributed by atoms with E-state index < -0.39 is 18.0 Å². The lowest BCUT2D eigenvalue weighted by Crippen LogP contribution is -2.39. The normalized spacial score (nSPS) is 15.5. The Morgan fingerprint density at radius 2 is 1.82 bits per heavy atom. The van der Waals surface area contributed by atoms with Crippen LogP contribution < -0.4 is 5.32 Å². The zero-order valence-corrected chi connectivity index (χ0v) is 17.9. The molecule has 0 unspecified atom stereocenters. The van der Waals surface area contributed by atoms with E-state index in [0.29, 0.717) is 16.8 Å². The molecule has 154 valence electrons. The molecule has 1 atom stereocenters. The molecule has 1 aromatic rings. The summed E-state index contributed by atoms with van der Waals surface area (Å²) in [7, 11) is 1.83. The molecule has 1 N–H and O–H groups in total. The smallest absolute Gasteiger partial charge is 0.316 e. The first-order valence-electron chi connectivity index (χ1n) is 9.46. The quantitative estimate of drug-likeness (QED) is 0.641. The van der Waals surface area contributed by atoms with E-state index in [1.54, 1.807) is 29.2 Å². The van der Waals surface area contributed by atoms with Gasteiger partial charge in [0.25, 0.3) is 5.91 Å². The van der Waals surface area contributed by atoms with Gasteiger partial charge in [0.15, 0.2) is 6.10 Å². The summed E-state index contributed by atoms with van der Waals surface area (Å²) in [5.74, 6) is -0.653. The van der Waals surface area contributed by atoms with Gasteiger partial charge < -0.3 is 15.0 Å². The van der Waals surface area contributed by atoms with Gasteiger partial charge in [0.2, 0.25) is 5.91 Å². The van der Waals surface area contributed by atoms with Crippen molar-refractivity contribution in [3.05, 3.63) is 29.3 Å². The molecule has 2 amide bonds. The number of benzene rings is 1. The van der Waals surface area contributed by atoms with Crippen LogP contribution in [0.15, 0.2) is 24.3 Å². The third-order valence-electron chi connectivity index (χ3n) is 4.75. The number of nitrogens with zero attached hydrogens (tertiary/aromatic N) is 1. The fraction of sp³-hybridized carbons (Fsp3) is 0.550. The Morgan fingerprint density at radius 3 is 2.46 bits per heavy atom. The van der Waals surface area contributed by atoms with Gasteiger partial charge in [-0.1, -0.05) is 30.9 Å². The summed E-state index contributed by atoms with van der Waals surface area (Å²) in [5, 5.41) is 3.23. The minimum atomic E-state index is -0.926. The molecule has 2 rings (SSSR count). The first-order valence-corrected chi connectivity index (χ1v) is 11.0. The predicted octanol–water partition coefficient (Wildman–Crippen LogP) is 3.73. The van der Waals surface area contributed by atoms with Gasteiger partial charge in [0.05, 0.1) is 11.5 Å². The summed E-state index contributed by atoms with van der Waals surface area (Å²) >= 11 is 7.01. The minimum absolute atomic E-state index is 0.0261. The van der Waals surface area contributed by atoms with Crippen LogP contribution in [0.25, 0.3) is 0 Å². The topological polar surface area (TPSA) is 75.7 Å². The third kappa shape index (κ3) is 7.36. The number of amides is 2. The van der Waals surface area contributed by atoms with Crippen molar-refractivity contribution in [2.75, 3.05) is 23.9 Å². The Balaban J connectivity index is 1.67. The number of hydrogen-bond donors (Lipinski definition) is 1. The molecular weight excluding hydrogens is 400 g/mol. The van der Waals surface area contributed by atoms with Gasteiger partial charge in [0, 0.05) is 23.8 Å². The Hall–Kier alpha value is -1.73. The van der Waals surface area contributed by atoms with Crippen LogP contribution in [0.1, 0.15) is 39.0 Å². The number of anilines is 1. The molecule has 0 bridgehead atoms. The average Bonchev–Trinajstić information content (AvgIpc) is 2.69. The van der Waals surface area contributed by atoms with Crippen molar-refractivity contribution < 1.29 is 19.1 Å². The largest absolute Gasteiger partial charge is 0.452 e. The van der Waals surface area contributed by atoms with Crippen molar-refractivity contribution in [2.24, 2.45) is 0 Å². The van der Waals surface area contributed by atoms with Crippen molar-refractivity contribution in [1.82, 2.24) is 4.90 Å². The number of rotatable bonds is 8. The summed E-state index contributed by atoms with van der Waals surface area (Å²) in [6.45, 7) is 1.51. The average molecular weight is 427 g/mol. The minimum Gasteiger partial charge on any atom is -0.452 e. The van der Waals surface area contributed by atoms with E-state index in [0.717, 1.165) is 25.7 Å². The number of ether oxygens (including phenoxy) is 1. The Labute approximate surface area is 175 Å². The van der Waals surface area contributed by atoms with Gasteiger partial charge in [-0.2, -0.15) is 0 Å². The molecular formula is C20H27ClN2O4S. The van der Waals surface area contributed by atoms with Crippen LogP contribution in [-0.4, -0.2) is 53.4 Å². The Bertz CT molecular complexity index is 677. The zero-order chi connectivity index (χ0) is 20.5. The number of hydrogen-bond acceptors (Lipinski definition) is 5. The monoisotopic (exact) mass is 426 g/mol. The highest BCUT2D eigenvalue weighted by Gasteiger charge is 2.23. The molecule has 8 heteroatoms. The third-order valence-corrected chi connectivity index (χ3v) is 5.89. The first-order chi connectivity index (χ1) is 13.4. The molecule has 1 aromatic carbocycles. The fourth-order valence-corrected chi connectivity index (χ4v) is 3.90. The maximum Gasteiger partial charge on any atom is 0.316 e. The first kappa shape index (κ1) is 22.6. The van der Waals surface area contributed by atoms with E-state index in [1.807, 2.05) is 7.05 Å². The van der Waals surface area contributed by atoms with E-state index in [9.17, 15) is 14.4 Å². The fourth-order valence-electron chi connectivity index (χ4n) is 3.06. The summed E-state index contributed by atoms with van der Waals surface area (Å²) < 4.78 is 5.14. The predicted molar refractivity (Wildman–Crippen MR) is 113 cm³/mol. The van der Waals surface area contributed by atoms with Crippen LogP contribution in [0.4, 0.5) is 5.69 Å². The molecule has 0 aromatic heterocycles. The summed E-state index contributed by atoms with van der Waals surface area (Å²) in [5.41, 5.74) is 0.572. The van der Waals surface area contributed by atoms with Gasteiger partial charge >= 0.3 is 5.97 Å². The summed E-state index contributed by atoms with van der Waals surface area (Å²) in [6.07, 6.45) is 4.74. The number of esters is 1. The second-order valence-corrected chi connectivity index (χ2v) is 8.34. The molecule has 0 radical (unpaired) electrons. The molecule has 1 aliphatic rings. The number of carbonyl (C=O) groups excluding carboxylic acids is 3. The molecule has 0 spiro atoms. The van der Waals surface area contributed by atoms with Crippen molar-refractivity contribution in [3.8, 4) is 0 Å². The van der Waals surface area contributed by atoms with E-state index in [1.165, 1.54) is 25.1 Å². The molecule has 0 heterocycles. The van der Waals surface area contributed by atoms with Crippen molar-refractivity contribution in [1.29, 1.82) is 0 Å². The number of halogens is 1. The lowest BCUT2D eigenvalue weighted by atomic mass is 9.94. The second-order valence-electron chi connectivity index (χ2n) is 6.92. The molecule has 6 nitrogen and oxygen atoms in total. The van der Waals surface area contributed by atoms with E-state index in [-0.39, 0.29) is 17.4 Å². The lowest BCUT2D eigenvalue weighted by molar-refractivity contribution is -0.150. The van der Waals surface area contributed by atoms with Gasteiger partial charge in [-0.05, 0) is 44.0 Å². The highest BCUT2D eigenvalue weighted by Crippen LogP contribution is 2.22. The van der Waals surface area contributed by atoms with Gasteiger partial charge in [0.1, 0.15) is 0 Å². The van der Waals surface area contributed by atoms with Crippen LogP contribution in [0.2, 0.25) is 5.02 Å². The molecule has 0 saturated heterocycles. The lowest BCUT2D eigenvalue weighted by Gasteiger charge is -2.31. The highest BCUT2D eigenvalue weighted by molar-refractivity contribution is 8.00. The SMILES string of the molecule is C[C@@H](OC(=O)CSCC(=O)N(C)C1CCCCC1)C(=O)Nc1ccc(Cl)cc1. The van der Waals surface area contributed by atoms with E-state index in [4.69, 9.17) is 16.3 Å². The zero-order valence-electron chi connectivity index (χ0n) is 16.3. The summed E-state index contributed by atoms with van der Waals surface area (Å²) in [6, 6.07) is 6.96. The number of nitrogens with one attached hydrogen (secondary N) is 1. The van der Waals surface area contributed by atoms with E-state index in [2.05, 4.69) is 5.32 Å². The molecule has 1 aliphatic carbocycles. The molecule has 28 heavy (non-hydrogen) atoms. The maximum absolute atomic E-state index is 12.3. The number of thioether (sulfide) groups is 1. The Morgan fingerprint density at radius 1 is 1.18 bits per heavy atom. The standard InChI is InChI=1S/C20H27ClN2O4S/c1-14(20(26)22-16-10-8-15(21)9-11-16)27-19(25)13-28-12-18(24)23(2)17-6-4-3-5-7-17/h8-11,14,17H,3-7,12-13H2,1-2H3,(H,22,26)/t14-/m1/s1. The second kappa shape index (κ2) is 11.3. The molecule has 0 aliphatic heterocycles. The van der Waals surface area contributed by atoms with Crippen LogP contribution >= 0.6 is 23.4 Å². The van der Waals surface area contributed by atoms with Gasteiger partial charge in [-0.15, -0.1) is 11.8 Å². The van der Waals surface area contributed by atoms with Crippen molar-refractivity contribution >= 4 is 46.8 Å². The maximum atomic E-state index is 12.3. The van der Waals surface area contributed by atoms with Crippen molar-refractivity contribution in [3.63, 3.8) is 0 Å². The van der Waals surface area contributed by atoms with Gasteiger partial charge in [-0.25, -0.2) is 0 Å². The van der Waals surface area contributed by atoms with Crippen LogP contribution in [-0.2, 0) is 19.1 Å². The van der Waals surface area contributed by atoms with Crippen LogP contribution in [0.3, 0.4) is 0 Å². The summed E-state index contributed by atoms with van der Waals surface area (Å²) in [4.78, 5) is 38.1. The van der Waals surface area contributed by atoms with Crippen molar-refractivity contribution in [2.45, 2.75) is 51.2 Å². The molecule has 1 saturated carbocycles. The van der Waals surface area contributed by atoms with E-state index >= 15 is 0 Å². The van der Waals surface area contributed by atoms with Gasteiger partial charge in [-0.3, -0.25) is 14.4 Å². The highest BCUT2D eigenvalue weighted by atomic mass is 35.5. The number of carbonyl (C=O) groups is 3. The molecule has 1 fully saturated rings. The van der Waals surface area contributed by atoms with Crippen LogP contribution in [0, 0.1) is 0 Å². The van der Waals surface area contributed by atoms with Crippen LogP contribution in [0.5, 0.6) is 0 Å².